The first kappa shape index (κ1) is 40.5. The van der Waals surface area contributed by atoms with Crippen molar-refractivity contribution in [3.8, 4) is 0 Å². The first-order valence-electron chi connectivity index (χ1n) is 17.2. The number of carbonyl (C=O) groups is 6. The van der Waals surface area contributed by atoms with Crippen LogP contribution in [-0.2, 0) is 57.0 Å². The molecule has 55 heavy (non-hydrogen) atoms. The normalized spacial score (nSPS) is 27.4. The summed E-state index contributed by atoms with van der Waals surface area (Å²) in [6, 6.07) is 23.4. The Hall–Kier alpha value is -5.68. The predicted molar refractivity (Wildman–Crippen MR) is 185 cm³/mol. The zero-order valence-corrected chi connectivity index (χ0v) is 30.2. The molecular formula is C39H40O16. The topological polar surface area (TPSA) is 206 Å². The van der Waals surface area contributed by atoms with Crippen LogP contribution in [0.2, 0.25) is 0 Å². The van der Waals surface area contributed by atoms with Gasteiger partial charge in [0.2, 0.25) is 0 Å². The Labute approximate surface area is 315 Å². The number of hydrogen-bond donors (Lipinski definition) is 1. The van der Waals surface area contributed by atoms with E-state index in [0.29, 0.717) is 0 Å². The van der Waals surface area contributed by atoms with Crippen molar-refractivity contribution in [2.24, 2.45) is 0 Å². The first-order valence-corrected chi connectivity index (χ1v) is 17.2. The average Bonchev–Trinajstić information content (AvgIpc) is 3.16. The molecule has 2 heterocycles. The standard InChI is InChI=1S/C39H40O16/c1-21-29(49-22(2)40)31(50-23(3)41)34(51-24(4)42)39(48-21)47-20-28-30(53-35(43)25-14-8-5-9-15-25)32(54-36(44)26-16-10-6-11-17-26)33(38(46)52-28)55-37(45)27-18-12-7-13-19-27/h5-19,21,28-34,38-39,46H,20H2,1-4H3/t21-,28+,29-,30-,31+,32-,33+,34+,38-,39+/m0/s1. The summed E-state index contributed by atoms with van der Waals surface area (Å²) in [7, 11) is 0. The van der Waals surface area contributed by atoms with E-state index in [0.717, 1.165) is 20.8 Å². The largest absolute Gasteiger partial charge is 0.456 e. The van der Waals surface area contributed by atoms with Crippen molar-refractivity contribution in [3.63, 3.8) is 0 Å². The van der Waals surface area contributed by atoms with Crippen LogP contribution in [0, 0.1) is 0 Å². The van der Waals surface area contributed by atoms with E-state index in [1.54, 1.807) is 54.6 Å². The van der Waals surface area contributed by atoms with Crippen LogP contribution in [-0.4, -0.2) is 109 Å². The lowest BCUT2D eigenvalue weighted by atomic mass is 9.97. The van der Waals surface area contributed by atoms with E-state index >= 15 is 0 Å². The summed E-state index contributed by atoms with van der Waals surface area (Å²) in [4.78, 5) is 76.8. The minimum absolute atomic E-state index is 0.0882. The summed E-state index contributed by atoms with van der Waals surface area (Å²) in [5.41, 5.74) is 0.283. The zero-order valence-electron chi connectivity index (χ0n) is 30.2. The van der Waals surface area contributed by atoms with E-state index in [2.05, 4.69) is 0 Å². The number of rotatable bonds is 12. The van der Waals surface area contributed by atoms with Crippen LogP contribution in [0.25, 0.3) is 0 Å². The lowest BCUT2D eigenvalue weighted by Gasteiger charge is -2.45. The fourth-order valence-electron chi connectivity index (χ4n) is 6.02. The molecule has 2 aliphatic heterocycles. The van der Waals surface area contributed by atoms with E-state index < -0.39 is 104 Å². The number of hydrogen-bond acceptors (Lipinski definition) is 16. The molecule has 0 amide bonds. The number of benzene rings is 3. The second-order valence-corrected chi connectivity index (χ2v) is 12.5. The molecule has 16 nitrogen and oxygen atoms in total. The molecule has 10 atom stereocenters. The number of carbonyl (C=O) groups excluding carboxylic acids is 6. The molecule has 16 heteroatoms. The quantitative estimate of drug-likeness (QED) is 0.208. The van der Waals surface area contributed by atoms with Gasteiger partial charge < -0.3 is 47.7 Å². The number of aliphatic hydroxyl groups excluding tert-OH is 1. The van der Waals surface area contributed by atoms with Gasteiger partial charge in [0.15, 0.2) is 49.2 Å². The number of ether oxygens (including phenoxy) is 9. The lowest BCUT2D eigenvalue weighted by Crippen LogP contribution is -2.64. The van der Waals surface area contributed by atoms with Crippen LogP contribution >= 0.6 is 0 Å². The van der Waals surface area contributed by atoms with E-state index in [1.165, 1.54) is 43.3 Å². The van der Waals surface area contributed by atoms with Gasteiger partial charge in [-0.05, 0) is 43.3 Å². The monoisotopic (exact) mass is 764 g/mol. The van der Waals surface area contributed by atoms with E-state index in [4.69, 9.17) is 42.6 Å². The fourth-order valence-corrected chi connectivity index (χ4v) is 6.02. The van der Waals surface area contributed by atoms with Gasteiger partial charge in [-0.25, -0.2) is 14.4 Å². The molecular weight excluding hydrogens is 724 g/mol. The molecule has 1 N–H and O–H groups in total. The number of esters is 6. The Bertz CT molecular complexity index is 1800. The van der Waals surface area contributed by atoms with Gasteiger partial charge in [-0.3, -0.25) is 14.4 Å². The predicted octanol–water partition coefficient (Wildman–Crippen LogP) is 2.94. The average molecular weight is 765 g/mol. The molecule has 0 aromatic heterocycles. The molecule has 3 aromatic carbocycles. The van der Waals surface area contributed by atoms with Crippen LogP contribution in [0.3, 0.4) is 0 Å². The molecule has 2 saturated heterocycles. The third kappa shape index (κ3) is 10.5. The summed E-state index contributed by atoms with van der Waals surface area (Å²) >= 11 is 0. The van der Waals surface area contributed by atoms with E-state index in [9.17, 15) is 33.9 Å². The Kier molecular flexibility index (Phi) is 13.7. The Balaban J connectivity index is 1.50. The first-order chi connectivity index (χ1) is 26.3. The van der Waals surface area contributed by atoms with Crippen LogP contribution < -0.4 is 0 Å². The van der Waals surface area contributed by atoms with Crippen molar-refractivity contribution < 1.29 is 76.5 Å². The number of aliphatic hydroxyl groups is 1. The van der Waals surface area contributed by atoms with Crippen molar-refractivity contribution >= 4 is 35.8 Å². The summed E-state index contributed by atoms with van der Waals surface area (Å²) in [6.07, 6.45) is -15.2. The van der Waals surface area contributed by atoms with Crippen molar-refractivity contribution in [2.75, 3.05) is 6.61 Å². The zero-order chi connectivity index (χ0) is 39.6. The highest BCUT2D eigenvalue weighted by atomic mass is 16.7. The third-order valence-corrected chi connectivity index (χ3v) is 8.43. The highest BCUT2D eigenvalue weighted by molar-refractivity contribution is 5.91. The summed E-state index contributed by atoms with van der Waals surface area (Å²) in [6.45, 7) is 4.20. The van der Waals surface area contributed by atoms with Gasteiger partial charge in [0.1, 0.15) is 6.10 Å². The Morgan fingerprint density at radius 1 is 0.509 bits per heavy atom. The fraction of sp³-hybridized carbons (Fsp3) is 0.385. The van der Waals surface area contributed by atoms with Gasteiger partial charge in [0, 0.05) is 20.8 Å². The maximum Gasteiger partial charge on any atom is 0.338 e. The molecule has 0 saturated carbocycles. The second-order valence-electron chi connectivity index (χ2n) is 12.5. The molecule has 2 fully saturated rings. The van der Waals surface area contributed by atoms with Gasteiger partial charge in [-0.1, -0.05) is 54.6 Å². The Morgan fingerprint density at radius 2 is 0.891 bits per heavy atom. The molecule has 5 rings (SSSR count). The molecule has 0 aliphatic carbocycles. The molecule has 0 bridgehead atoms. The highest BCUT2D eigenvalue weighted by Crippen LogP contribution is 2.33. The molecule has 3 aromatic rings. The van der Waals surface area contributed by atoms with Crippen LogP contribution in [0.1, 0.15) is 58.8 Å². The minimum atomic E-state index is -1.99. The van der Waals surface area contributed by atoms with Gasteiger partial charge in [0.25, 0.3) is 0 Å². The van der Waals surface area contributed by atoms with Crippen LogP contribution in [0.15, 0.2) is 91.0 Å². The van der Waals surface area contributed by atoms with Gasteiger partial charge in [-0.15, -0.1) is 0 Å². The van der Waals surface area contributed by atoms with E-state index in [-0.39, 0.29) is 16.7 Å². The second kappa shape index (κ2) is 18.6. The smallest absolute Gasteiger partial charge is 0.338 e. The summed E-state index contributed by atoms with van der Waals surface area (Å²) < 4.78 is 51.6. The van der Waals surface area contributed by atoms with Crippen molar-refractivity contribution in [2.45, 2.75) is 89.1 Å². The Morgan fingerprint density at radius 3 is 1.35 bits per heavy atom. The molecule has 0 spiro atoms. The van der Waals surface area contributed by atoms with E-state index in [1.807, 2.05) is 0 Å². The lowest BCUT2D eigenvalue weighted by molar-refractivity contribution is -0.323. The highest BCUT2D eigenvalue weighted by Gasteiger charge is 2.55. The molecule has 2 aliphatic rings. The SMILES string of the molecule is CC(=O)O[C@@H]1[C@@H](OC(C)=O)[C@H](C)O[C@@H](OC[C@H]2O[C@H](O)[C@H](OC(=O)c3ccccc3)[C@@H](OC(=O)c3ccccc3)[C@H]2OC(=O)c2ccccc2)[C@@H]1OC(C)=O. The van der Waals surface area contributed by atoms with Crippen molar-refractivity contribution in [1.29, 1.82) is 0 Å². The maximum atomic E-state index is 13.6. The van der Waals surface area contributed by atoms with Gasteiger partial charge >= 0.3 is 35.8 Å². The van der Waals surface area contributed by atoms with Crippen LogP contribution in [0.5, 0.6) is 0 Å². The summed E-state index contributed by atoms with van der Waals surface area (Å²) in [5.74, 6) is -5.08. The van der Waals surface area contributed by atoms with Crippen molar-refractivity contribution in [1.82, 2.24) is 0 Å². The summed E-state index contributed by atoms with van der Waals surface area (Å²) in [5, 5.41) is 11.4. The molecule has 292 valence electrons. The van der Waals surface area contributed by atoms with Crippen LogP contribution in [0.4, 0.5) is 0 Å². The molecule has 0 radical (unpaired) electrons. The van der Waals surface area contributed by atoms with Crippen molar-refractivity contribution in [3.05, 3.63) is 108 Å². The van der Waals surface area contributed by atoms with Gasteiger partial charge in [0.05, 0.1) is 29.4 Å². The maximum absolute atomic E-state index is 13.6. The molecule has 0 unspecified atom stereocenters. The third-order valence-electron chi connectivity index (χ3n) is 8.43. The minimum Gasteiger partial charge on any atom is -0.456 e. The van der Waals surface area contributed by atoms with Gasteiger partial charge in [-0.2, -0.15) is 0 Å².